The first-order valence-electron chi connectivity index (χ1n) is 3.86. The molecule has 1 heterocycles. The monoisotopic (exact) mass is 202 g/mol. The molecule has 1 N–H and O–H groups in total. The molecule has 0 spiro atoms. The summed E-state index contributed by atoms with van der Waals surface area (Å²) in [4.78, 5) is 38.5. The Balaban J connectivity index is 2.59. The molecule has 1 aliphatic heterocycles. The van der Waals surface area contributed by atoms with Crippen LogP contribution in [-0.4, -0.2) is 43.1 Å². The molecule has 1 atom stereocenters. The number of hydroxylamine groups is 1. The van der Waals surface area contributed by atoms with E-state index >= 15 is 0 Å². The number of esters is 1. The van der Waals surface area contributed by atoms with E-state index in [1.165, 1.54) is 14.2 Å². The molecule has 0 aromatic rings. The molecule has 3 amide bonds. The molecule has 14 heavy (non-hydrogen) atoms. The summed E-state index contributed by atoms with van der Waals surface area (Å²) in [5.74, 6) is -1.15. The van der Waals surface area contributed by atoms with Crippen molar-refractivity contribution in [1.29, 1.82) is 0 Å². The number of nitrogens with zero attached hydrogens (tertiary/aromatic N) is 1. The Labute approximate surface area is 79.9 Å². The van der Waals surface area contributed by atoms with E-state index in [-0.39, 0.29) is 6.42 Å². The van der Waals surface area contributed by atoms with E-state index in [1.807, 2.05) is 5.48 Å². The molecule has 0 saturated carbocycles. The van der Waals surface area contributed by atoms with Crippen LogP contribution in [0.3, 0.4) is 0 Å². The van der Waals surface area contributed by atoms with E-state index in [0.29, 0.717) is 0 Å². The molecule has 0 aromatic carbocycles. The van der Waals surface area contributed by atoms with Gasteiger partial charge in [-0.1, -0.05) is 0 Å². The van der Waals surface area contributed by atoms with Crippen molar-refractivity contribution in [1.82, 2.24) is 10.4 Å². The summed E-state index contributed by atoms with van der Waals surface area (Å²) < 4.78 is 4.36. The number of hydrogen-bond acceptors (Lipinski definition) is 5. The third-order valence-corrected chi connectivity index (χ3v) is 1.78. The number of likely N-dealkylation sites (N-methyl/N-ethyl adjacent to an activating group) is 1. The van der Waals surface area contributed by atoms with Gasteiger partial charge in [-0.05, 0) is 0 Å². The molecule has 1 saturated heterocycles. The molecule has 7 heteroatoms. The van der Waals surface area contributed by atoms with Crippen molar-refractivity contribution < 1.29 is 24.0 Å². The van der Waals surface area contributed by atoms with Crippen molar-refractivity contribution in [3.05, 3.63) is 0 Å². The van der Waals surface area contributed by atoms with E-state index in [1.54, 1.807) is 0 Å². The number of hydrogen-bond donors (Lipinski definition) is 1. The first-order valence-corrected chi connectivity index (χ1v) is 3.86. The summed E-state index contributed by atoms with van der Waals surface area (Å²) in [5.41, 5.74) is 2.00. The van der Waals surface area contributed by atoms with Crippen LogP contribution in [0, 0.1) is 0 Å². The lowest BCUT2D eigenvalue weighted by atomic mass is 10.2. The molecular formula is C7H10N2O5. The van der Waals surface area contributed by atoms with E-state index < -0.39 is 24.0 Å². The Kier molecular flexibility index (Phi) is 3.03. The summed E-state index contributed by atoms with van der Waals surface area (Å²) in [6, 6.07) is -0.656. The van der Waals surface area contributed by atoms with Crippen LogP contribution in [0.25, 0.3) is 0 Å². The normalized spacial score (nSPS) is 21.9. The molecule has 78 valence electrons. The van der Waals surface area contributed by atoms with Gasteiger partial charge in [0, 0.05) is 7.05 Å². The second kappa shape index (κ2) is 4.05. The minimum absolute atomic E-state index is 0.222. The van der Waals surface area contributed by atoms with Crippen molar-refractivity contribution in [2.75, 3.05) is 14.2 Å². The highest BCUT2D eigenvalue weighted by molar-refractivity contribution is 5.98. The molecule has 1 rings (SSSR count). The number of carbonyl (C=O) groups is 3. The van der Waals surface area contributed by atoms with E-state index in [4.69, 9.17) is 0 Å². The first-order chi connectivity index (χ1) is 6.56. The molecule has 0 bridgehead atoms. The largest absolute Gasteiger partial charge is 0.469 e. The van der Waals surface area contributed by atoms with Crippen LogP contribution in [0.4, 0.5) is 4.79 Å². The predicted octanol–water partition coefficient (Wildman–Crippen LogP) is -0.969. The zero-order chi connectivity index (χ0) is 10.7. The fraction of sp³-hybridized carbons (Fsp3) is 0.571. The molecule has 1 aliphatic rings. The first kappa shape index (κ1) is 10.5. The van der Waals surface area contributed by atoms with Crippen molar-refractivity contribution in [3.8, 4) is 0 Å². The highest BCUT2D eigenvalue weighted by Gasteiger charge is 2.34. The number of nitrogens with one attached hydrogen (secondary N) is 1. The van der Waals surface area contributed by atoms with Gasteiger partial charge in [-0.3, -0.25) is 19.3 Å². The minimum atomic E-state index is -1.01. The standard InChI is InChI=1S/C7H10N2O5/c1-9-6(11)4(3-5(10)13-2)14-8-7(9)12/h4H,3H2,1-2H3,(H,8,12). The van der Waals surface area contributed by atoms with Crippen LogP contribution in [0.5, 0.6) is 0 Å². The van der Waals surface area contributed by atoms with Gasteiger partial charge in [0.2, 0.25) is 0 Å². The van der Waals surface area contributed by atoms with Gasteiger partial charge < -0.3 is 4.74 Å². The second-order valence-electron chi connectivity index (χ2n) is 2.69. The van der Waals surface area contributed by atoms with Crippen LogP contribution in [0.1, 0.15) is 6.42 Å². The van der Waals surface area contributed by atoms with E-state index in [2.05, 4.69) is 9.57 Å². The van der Waals surface area contributed by atoms with Gasteiger partial charge in [-0.2, -0.15) is 0 Å². The average Bonchev–Trinajstić information content (AvgIpc) is 2.19. The maximum Gasteiger partial charge on any atom is 0.347 e. The highest BCUT2D eigenvalue weighted by atomic mass is 16.7. The van der Waals surface area contributed by atoms with Gasteiger partial charge in [-0.25, -0.2) is 10.3 Å². The number of carbonyl (C=O) groups excluding carboxylic acids is 3. The SMILES string of the molecule is COC(=O)CC1ONC(=O)N(C)C1=O. The lowest BCUT2D eigenvalue weighted by Gasteiger charge is -2.27. The molecule has 0 aliphatic carbocycles. The quantitative estimate of drug-likeness (QED) is 0.582. The summed E-state index contributed by atoms with van der Waals surface area (Å²) in [7, 11) is 2.50. The van der Waals surface area contributed by atoms with Crippen LogP contribution in [-0.2, 0) is 19.2 Å². The van der Waals surface area contributed by atoms with Crippen molar-refractivity contribution >= 4 is 17.9 Å². The predicted molar refractivity (Wildman–Crippen MR) is 42.8 cm³/mol. The summed E-state index contributed by atoms with van der Waals surface area (Å²) in [5, 5.41) is 0. The number of amides is 3. The van der Waals surface area contributed by atoms with Crippen molar-refractivity contribution in [2.24, 2.45) is 0 Å². The number of rotatable bonds is 2. The maximum atomic E-state index is 11.3. The smallest absolute Gasteiger partial charge is 0.347 e. The molecule has 7 nitrogen and oxygen atoms in total. The molecule has 0 aromatic heterocycles. The lowest BCUT2D eigenvalue weighted by Crippen LogP contribution is -2.54. The fourth-order valence-corrected chi connectivity index (χ4v) is 0.920. The number of urea groups is 1. The summed E-state index contributed by atoms with van der Waals surface area (Å²) in [6.45, 7) is 0. The van der Waals surface area contributed by atoms with Gasteiger partial charge >= 0.3 is 12.0 Å². The van der Waals surface area contributed by atoms with Gasteiger partial charge in [-0.15, -0.1) is 0 Å². The Morgan fingerprint density at radius 2 is 2.29 bits per heavy atom. The molecule has 1 fully saturated rings. The zero-order valence-corrected chi connectivity index (χ0v) is 7.77. The molecule has 1 unspecified atom stereocenters. The molecule has 0 radical (unpaired) electrons. The average molecular weight is 202 g/mol. The van der Waals surface area contributed by atoms with Crippen LogP contribution in [0.15, 0.2) is 0 Å². The Morgan fingerprint density at radius 1 is 1.64 bits per heavy atom. The van der Waals surface area contributed by atoms with Crippen molar-refractivity contribution in [2.45, 2.75) is 12.5 Å². The second-order valence-corrected chi connectivity index (χ2v) is 2.69. The Morgan fingerprint density at radius 3 is 2.86 bits per heavy atom. The van der Waals surface area contributed by atoms with E-state index in [0.717, 1.165) is 4.90 Å². The van der Waals surface area contributed by atoms with Gasteiger partial charge in [0.05, 0.1) is 13.5 Å². The highest BCUT2D eigenvalue weighted by Crippen LogP contribution is 2.07. The molecular weight excluding hydrogens is 192 g/mol. The van der Waals surface area contributed by atoms with Gasteiger partial charge in [0.25, 0.3) is 5.91 Å². The maximum absolute atomic E-state index is 11.3. The van der Waals surface area contributed by atoms with Crippen LogP contribution < -0.4 is 5.48 Å². The Bertz CT molecular complexity index is 277. The lowest BCUT2D eigenvalue weighted by molar-refractivity contribution is -0.160. The van der Waals surface area contributed by atoms with Crippen molar-refractivity contribution in [3.63, 3.8) is 0 Å². The summed E-state index contributed by atoms with van der Waals surface area (Å²) in [6.07, 6.45) is -1.23. The third kappa shape index (κ3) is 1.99. The number of imide groups is 1. The topological polar surface area (TPSA) is 84.9 Å². The zero-order valence-electron chi connectivity index (χ0n) is 7.77. The summed E-state index contributed by atoms with van der Waals surface area (Å²) >= 11 is 0. The van der Waals surface area contributed by atoms with Gasteiger partial charge in [0.15, 0.2) is 6.10 Å². The van der Waals surface area contributed by atoms with Crippen LogP contribution >= 0.6 is 0 Å². The van der Waals surface area contributed by atoms with Gasteiger partial charge in [0.1, 0.15) is 0 Å². The number of methoxy groups -OCH3 is 1. The van der Waals surface area contributed by atoms with E-state index in [9.17, 15) is 14.4 Å². The number of ether oxygens (including phenoxy) is 1. The third-order valence-electron chi connectivity index (χ3n) is 1.78. The Hall–Kier alpha value is -1.63. The van der Waals surface area contributed by atoms with Crippen LogP contribution in [0.2, 0.25) is 0 Å². The minimum Gasteiger partial charge on any atom is -0.469 e. The fourth-order valence-electron chi connectivity index (χ4n) is 0.920.